The van der Waals surface area contributed by atoms with Crippen LogP contribution >= 0.6 is 7.82 Å². The summed E-state index contributed by atoms with van der Waals surface area (Å²) in [6, 6.07) is 0. The maximum atomic E-state index is 12.0. The minimum absolute atomic E-state index is 0.101. The smallest absolute Gasteiger partial charge is 0.333 e. The van der Waals surface area contributed by atoms with E-state index in [9.17, 15) is 14.3 Å². The van der Waals surface area contributed by atoms with E-state index in [1.165, 1.54) is 6.92 Å². The summed E-state index contributed by atoms with van der Waals surface area (Å²) in [4.78, 5) is 23.2. The first-order valence-corrected chi connectivity index (χ1v) is 12.0. The van der Waals surface area contributed by atoms with Gasteiger partial charge in [-0.05, 0) is 26.2 Å². The van der Waals surface area contributed by atoms with Crippen LogP contribution in [0.5, 0.6) is 0 Å². The zero-order valence-electron chi connectivity index (χ0n) is 18.2. The highest BCUT2D eigenvalue weighted by molar-refractivity contribution is 7.45. The highest BCUT2D eigenvalue weighted by Crippen LogP contribution is 2.38. The van der Waals surface area contributed by atoms with Crippen LogP contribution in [0.1, 0.15) is 66.2 Å². The Morgan fingerprint density at radius 2 is 1.36 bits per heavy atom. The van der Waals surface area contributed by atoms with E-state index in [1.807, 2.05) is 0 Å². The number of phosphoric ester groups is 1. The summed E-state index contributed by atoms with van der Waals surface area (Å²) in [5.41, 5.74) is 0.252. The number of esters is 1. The normalized spacial score (nSPS) is 13.9. The lowest BCUT2D eigenvalue weighted by molar-refractivity contribution is -0.929. The van der Waals surface area contributed by atoms with Gasteiger partial charge in [0.15, 0.2) is 0 Å². The van der Waals surface area contributed by atoms with Crippen molar-refractivity contribution in [2.75, 3.05) is 46.0 Å². The minimum Gasteiger partial charge on any atom is -0.756 e. The van der Waals surface area contributed by atoms with Crippen molar-refractivity contribution < 1.29 is 32.5 Å². The van der Waals surface area contributed by atoms with Crippen LogP contribution in [0.3, 0.4) is 0 Å². The van der Waals surface area contributed by atoms with E-state index in [-0.39, 0.29) is 25.4 Å². The Kier molecular flexibility index (Phi) is 14.8. The summed E-state index contributed by atoms with van der Waals surface area (Å²) in [6.45, 7) is 14.9. The highest BCUT2D eigenvalue weighted by atomic mass is 31.2. The average molecular weight is 422 g/mol. The van der Waals surface area contributed by atoms with E-state index in [2.05, 4.69) is 27.4 Å². The van der Waals surface area contributed by atoms with Crippen molar-refractivity contribution in [1.82, 2.24) is 0 Å². The Morgan fingerprint density at radius 3 is 1.79 bits per heavy atom. The fraction of sp³-hybridized carbons (Fsp3) is 0.850. The SMILES string of the molecule is C=C(C)C(=O)OCCOP(=O)([O-])OCC[N+](CCCC)(CCCC)CCCC. The minimum atomic E-state index is -4.41. The zero-order chi connectivity index (χ0) is 21.5. The average Bonchev–Trinajstić information content (AvgIpc) is 2.65. The van der Waals surface area contributed by atoms with Gasteiger partial charge in [-0.2, -0.15) is 0 Å². The molecule has 0 aromatic carbocycles. The molecule has 7 nitrogen and oxygen atoms in total. The fourth-order valence-electron chi connectivity index (χ4n) is 2.94. The topological polar surface area (TPSA) is 84.9 Å². The number of carbonyl (C=O) groups is 1. The van der Waals surface area contributed by atoms with Crippen molar-refractivity contribution in [1.29, 1.82) is 0 Å². The molecule has 0 aromatic rings. The van der Waals surface area contributed by atoms with Crippen molar-refractivity contribution in [3.63, 3.8) is 0 Å². The second-order valence-electron chi connectivity index (χ2n) is 7.33. The van der Waals surface area contributed by atoms with Crippen molar-refractivity contribution in [2.24, 2.45) is 0 Å². The van der Waals surface area contributed by atoms with Crippen LogP contribution < -0.4 is 4.89 Å². The van der Waals surface area contributed by atoms with Gasteiger partial charge in [-0.3, -0.25) is 4.57 Å². The second-order valence-corrected chi connectivity index (χ2v) is 8.74. The summed E-state index contributed by atoms with van der Waals surface area (Å²) in [7, 11) is -4.41. The molecule has 0 bridgehead atoms. The molecule has 8 heteroatoms. The van der Waals surface area contributed by atoms with E-state index in [0.717, 1.165) is 62.6 Å². The first-order valence-electron chi connectivity index (χ1n) is 10.5. The first kappa shape index (κ1) is 27.3. The predicted octanol–water partition coefficient (Wildman–Crippen LogP) is 3.82. The molecule has 0 aliphatic heterocycles. The van der Waals surface area contributed by atoms with Crippen molar-refractivity contribution in [2.45, 2.75) is 66.2 Å². The highest BCUT2D eigenvalue weighted by Gasteiger charge is 2.26. The summed E-state index contributed by atoms with van der Waals surface area (Å²) < 4.78 is 27.5. The Labute approximate surface area is 171 Å². The molecular weight excluding hydrogens is 381 g/mol. The summed E-state index contributed by atoms with van der Waals surface area (Å²) in [5.74, 6) is -0.574. The Hall–Kier alpha value is -0.720. The van der Waals surface area contributed by atoms with Crippen molar-refractivity contribution >= 4 is 13.8 Å². The van der Waals surface area contributed by atoms with E-state index in [4.69, 9.17) is 13.8 Å². The van der Waals surface area contributed by atoms with Gasteiger partial charge in [0.2, 0.25) is 0 Å². The number of carbonyl (C=O) groups excluding carboxylic acids is 1. The molecule has 0 saturated carbocycles. The molecule has 0 heterocycles. The number of phosphoric acid groups is 1. The Bertz CT molecular complexity index is 475. The molecule has 0 aromatic heterocycles. The Balaban J connectivity index is 4.57. The molecule has 0 radical (unpaired) electrons. The third-order valence-corrected chi connectivity index (χ3v) is 5.69. The van der Waals surface area contributed by atoms with Crippen LogP contribution in [0.15, 0.2) is 12.2 Å². The van der Waals surface area contributed by atoms with Gasteiger partial charge in [-0.15, -0.1) is 0 Å². The molecule has 1 atom stereocenters. The van der Waals surface area contributed by atoms with E-state index >= 15 is 0 Å². The second kappa shape index (κ2) is 15.2. The molecule has 1 unspecified atom stereocenters. The van der Waals surface area contributed by atoms with Crippen LogP contribution in [-0.4, -0.2) is 56.5 Å². The van der Waals surface area contributed by atoms with Gasteiger partial charge in [0.25, 0.3) is 7.82 Å². The predicted molar refractivity (Wildman–Crippen MR) is 110 cm³/mol. The van der Waals surface area contributed by atoms with E-state index in [0.29, 0.717) is 6.54 Å². The molecule has 0 aliphatic carbocycles. The van der Waals surface area contributed by atoms with E-state index < -0.39 is 13.8 Å². The van der Waals surface area contributed by atoms with Gasteiger partial charge in [-0.25, -0.2) is 4.79 Å². The zero-order valence-corrected chi connectivity index (χ0v) is 19.1. The third-order valence-electron chi connectivity index (χ3n) is 4.69. The first-order chi connectivity index (χ1) is 13.2. The molecule has 0 rings (SSSR count). The van der Waals surface area contributed by atoms with Gasteiger partial charge < -0.3 is 23.2 Å². The maximum Gasteiger partial charge on any atom is 0.333 e. The van der Waals surface area contributed by atoms with Gasteiger partial charge in [0.1, 0.15) is 19.8 Å². The lowest BCUT2D eigenvalue weighted by atomic mass is 10.1. The molecule has 0 saturated heterocycles. The third kappa shape index (κ3) is 12.7. The van der Waals surface area contributed by atoms with Gasteiger partial charge in [-0.1, -0.05) is 46.6 Å². The van der Waals surface area contributed by atoms with Crippen LogP contribution in [0.2, 0.25) is 0 Å². The number of unbranched alkanes of at least 4 members (excludes halogenated alkanes) is 3. The lowest BCUT2D eigenvalue weighted by Gasteiger charge is -2.39. The quantitative estimate of drug-likeness (QED) is 0.110. The molecule has 28 heavy (non-hydrogen) atoms. The standard InChI is InChI=1S/C20H40NO6P/c1-6-9-12-21(13-10-7-2,14-11-8-3)15-16-26-28(23,24)27-18-17-25-20(22)19(4)5/h4,6-18H2,1-3,5H3. The number of hydrogen-bond donors (Lipinski definition) is 0. The lowest BCUT2D eigenvalue weighted by Crippen LogP contribution is -2.52. The number of quaternary nitrogens is 1. The number of hydrogen-bond acceptors (Lipinski definition) is 6. The van der Waals surface area contributed by atoms with Crippen molar-refractivity contribution in [3.05, 3.63) is 12.2 Å². The number of rotatable bonds is 18. The monoisotopic (exact) mass is 421 g/mol. The summed E-state index contributed by atoms with van der Waals surface area (Å²) >= 11 is 0. The van der Waals surface area contributed by atoms with Gasteiger partial charge in [0.05, 0.1) is 26.2 Å². The van der Waals surface area contributed by atoms with Crippen molar-refractivity contribution in [3.8, 4) is 0 Å². The van der Waals surface area contributed by atoms with Gasteiger partial charge >= 0.3 is 5.97 Å². The summed E-state index contributed by atoms with van der Waals surface area (Å²) in [5, 5.41) is 0. The van der Waals surface area contributed by atoms with Crippen LogP contribution in [0.4, 0.5) is 0 Å². The molecule has 0 amide bonds. The molecule has 0 N–H and O–H groups in total. The van der Waals surface area contributed by atoms with E-state index in [1.54, 1.807) is 0 Å². The number of ether oxygens (including phenoxy) is 1. The maximum absolute atomic E-state index is 12.0. The number of nitrogens with zero attached hydrogens (tertiary/aromatic N) is 1. The molecule has 166 valence electrons. The Morgan fingerprint density at radius 1 is 0.893 bits per heavy atom. The van der Waals surface area contributed by atoms with Crippen LogP contribution in [0.25, 0.3) is 0 Å². The molecule has 0 spiro atoms. The molecular formula is C20H40NO6P. The van der Waals surface area contributed by atoms with Gasteiger partial charge in [0, 0.05) is 5.57 Å². The molecule has 0 aliphatic rings. The fourth-order valence-corrected chi connectivity index (χ4v) is 3.62. The summed E-state index contributed by atoms with van der Waals surface area (Å²) in [6.07, 6.45) is 6.70. The largest absolute Gasteiger partial charge is 0.756 e. The van der Waals surface area contributed by atoms with Crippen LogP contribution in [-0.2, 0) is 23.1 Å². The molecule has 0 fully saturated rings. The van der Waals surface area contributed by atoms with Crippen LogP contribution in [0, 0.1) is 0 Å².